The second-order valence-corrected chi connectivity index (χ2v) is 4.61. The average Bonchev–Trinajstić information content (AvgIpc) is 2.39. The number of ether oxygens (including phenoxy) is 3. The van der Waals surface area contributed by atoms with Crippen LogP contribution in [-0.4, -0.2) is 37.9 Å². The number of carbonyl (C=O) groups excluding carboxylic acids is 2. The third kappa shape index (κ3) is 8.48. The Morgan fingerprint density at radius 2 is 1.65 bits per heavy atom. The van der Waals surface area contributed by atoms with Crippen molar-refractivity contribution < 1.29 is 23.8 Å². The summed E-state index contributed by atoms with van der Waals surface area (Å²) in [6, 6.07) is 0. The van der Waals surface area contributed by atoms with Gasteiger partial charge in [-0.15, -0.1) is 0 Å². The highest BCUT2D eigenvalue weighted by Gasteiger charge is 2.18. The molecule has 114 valence electrons. The Hall–Kier alpha value is -1.62. The van der Waals surface area contributed by atoms with Crippen LogP contribution >= 0.6 is 0 Å². The first kappa shape index (κ1) is 18.4. The maximum atomic E-state index is 11.5. The minimum absolute atomic E-state index is 0.0587. The second-order valence-electron chi connectivity index (χ2n) is 4.61. The topological polar surface area (TPSA) is 61.8 Å². The van der Waals surface area contributed by atoms with Gasteiger partial charge in [-0.2, -0.15) is 0 Å². The molecule has 0 saturated heterocycles. The van der Waals surface area contributed by atoms with Gasteiger partial charge in [-0.25, -0.2) is 9.59 Å². The number of esters is 2. The van der Waals surface area contributed by atoms with E-state index in [4.69, 9.17) is 14.2 Å². The van der Waals surface area contributed by atoms with Gasteiger partial charge in [-0.05, 0) is 20.3 Å². The first-order valence-corrected chi connectivity index (χ1v) is 6.65. The monoisotopic (exact) mass is 284 g/mol. The zero-order valence-electron chi connectivity index (χ0n) is 12.6. The van der Waals surface area contributed by atoms with Crippen molar-refractivity contribution in [3.8, 4) is 0 Å². The molecule has 0 rings (SSSR count). The molecule has 0 N–H and O–H groups in total. The minimum Gasteiger partial charge on any atom is -0.458 e. The fourth-order valence-electron chi connectivity index (χ4n) is 1.12. The van der Waals surface area contributed by atoms with Gasteiger partial charge in [-0.1, -0.05) is 26.5 Å². The highest BCUT2D eigenvalue weighted by molar-refractivity contribution is 5.87. The summed E-state index contributed by atoms with van der Waals surface area (Å²) in [5, 5.41) is 0. The molecule has 20 heavy (non-hydrogen) atoms. The molecule has 0 spiro atoms. The van der Waals surface area contributed by atoms with Crippen LogP contribution in [0.25, 0.3) is 0 Å². The number of unbranched alkanes of at least 4 members (excludes halogenated alkanes) is 1. The molecule has 0 heterocycles. The molecule has 1 unspecified atom stereocenters. The van der Waals surface area contributed by atoms with Crippen LogP contribution in [0.5, 0.6) is 0 Å². The zero-order chi connectivity index (χ0) is 15.5. The van der Waals surface area contributed by atoms with Gasteiger partial charge in [0.25, 0.3) is 0 Å². The van der Waals surface area contributed by atoms with E-state index in [2.05, 4.69) is 20.1 Å². The van der Waals surface area contributed by atoms with Crippen LogP contribution in [0, 0.1) is 0 Å². The van der Waals surface area contributed by atoms with Crippen molar-refractivity contribution in [1.29, 1.82) is 0 Å². The van der Waals surface area contributed by atoms with E-state index in [1.165, 1.54) is 0 Å². The van der Waals surface area contributed by atoms with E-state index >= 15 is 0 Å². The summed E-state index contributed by atoms with van der Waals surface area (Å²) in [5.74, 6) is -1.05. The molecule has 0 aliphatic carbocycles. The maximum absolute atomic E-state index is 11.5. The van der Waals surface area contributed by atoms with Crippen molar-refractivity contribution in [2.45, 2.75) is 39.7 Å². The van der Waals surface area contributed by atoms with Gasteiger partial charge in [0.2, 0.25) is 0 Å². The molecule has 0 aliphatic heterocycles. The molecule has 1 atom stereocenters. The SMILES string of the molecule is C=C(C)C(=O)OCC(COCCCC)OC(=O)C(=C)C. The lowest BCUT2D eigenvalue weighted by Gasteiger charge is -2.18. The van der Waals surface area contributed by atoms with Crippen LogP contribution in [0.15, 0.2) is 24.3 Å². The number of rotatable bonds is 10. The summed E-state index contributed by atoms with van der Waals surface area (Å²) < 4.78 is 15.5. The molecule has 0 aromatic heterocycles. The lowest BCUT2D eigenvalue weighted by molar-refractivity contribution is -0.157. The normalized spacial score (nSPS) is 11.6. The molecule has 0 saturated carbocycles. The van der Waals surface area contributed by atoms with Gasteiger partial charge in [0.05, 0.1) is 6.61 Å². The highest BCUT2D eigenvalue weighted by Crippen LogP contribution is 2.03. The molecule has 0 bridgehead atoms. The summed E-state index contributed by atoms with van der Waals surface area (Å²) >= 11 is 0. The van der Waals surface area contributed by atoms with Crippen molar-refractivity contribution in [2.75, 3.05) is 19.8 Å². The first-order chi connectivity index (χ1) is 9.38. The number of carbonyl (C=O) groups is 2. The molecule has 0 aliphatic rings. The fourth-order valence-corrected chi connectivity index (χ4v) is 1.12. The Balaban J connectivity index is 4.30. The average molecular weight is 284 g/mol. The molecule has 5 nitrogen and oxygen atoms in total. The van der Waals surface area contributed by atoms with E-state index in [0.717, 1.165) is 12.8 Å². The number of hydrogen-bond acceptors (Lipinski definition) is 5. The summed E-state index contributed by atoms with van der Waals surface area (Å²) in [4.78, 5) is 22.8. The van der Waals surface area contributed by atoms with Crippen molar-refractivity contribution in [2.24, 2.45) is 0 Å². The minimum atomic E-state index is -0.639. The molecular formula is C15H24O5. The summed E-state index contributed by atoms with van der Waals surface area (Å²) in [6.45, 7) is 12.8. The third-order valence-electron chi connectivity index (χ3n) is 2.32. The lowest BCUT2D eigenvalue weighted by atomic mass is 10.3. The predicted octanol–water partition coefficient (Wildman–Crippen LogP) is 2.41. The Morgan fingerprint density at radius 3 is 2.15 bits per heavy atom. The van der Waals surface area contributed by atoms with Gasteiger partial charge in [0, 0.05) is 17.8 Å². The van der Waals surface area contributed by atoms with Crippen LogP contribution in [0.4, 0.5) is 0 Å². The van der Waals surface area contributed by atoms with Crippen LogP contribution in [0.2, 0.25) is 0 Å². The molecule has 0 amide bonds. The van der Waals surface area contributed by atoms with E-state index in [9.17, 15) is 9.59 Å². The second kappa shape index (κ2) is 10.2. The Bertz CT molecular complexity index is 359. The maximum Gasteiger partial charge on any atom is 0.333 e. The van der Waals surface area contributed by atoms with Gasteiger partial charge < -0.3 is 14.2 Å². The third-order valence-corrected chi connectivity index (χ3v) is 2.32. The van der Waals surface area contributed by atoms with Crippen LogP contribution in [-0.2, 0) is 23.8 Å². The van der Waals surface area contributed by atoms with E-state index in [1.807, 2.05) is 0 Å². The molecular weight excluding hydrogens is 260 g/mol. The largest absolute Gasteiger partial charge is 0.458 e. The summed E-state index contributed by atoms with van der Waals surface area (Å²) in [6.07, 6.45) is 1.30. The zero-order valence-corrected chi connectivity index (χ0v) is 12.6. The number of hydrogen-bond donors (Lipinski definition) is 0. The van der Waals surface area contributed by atoms with Gasteiger partial charge >= 0.3 is 11.9 Å². The molecule has 0 radical (unpaired) electrons. The van der Waals surface area contributed by atoms with Crippen molar-refractivity contribution >= 4 is 11.9 Å². The van der Waals surface area contributed by atoms with Gasteiger partial charge in [0.1, 0.15) is 6.61 Å². The van der Waals surface area contributed by atoms with E-state index < -0.39 is 18.0 Å². The molecule has 0 fully saturated rings. The van der Waals surface area contributed by atoms with Gasteiger partial charge in [-0.3, -0.25) is 0 Å². The first-order valence-electron chi connectivity index (χ1n) is 6.65. The van der Waals surface area contributed by atoms with Gasteiger partial charge in [0.15, 0.2) is 6.10 Å². The smallest absolute Gasteiger partial charge is 0.333 e. The highest BCUT2D eigenvalue weighted by atomic mass is 16.6. The Kier molecular flexibility index (Phi) is 9.38. The molecule has 0 aromatic carbocycles. The summed E-state index contributed by atoms with van der Waals surface area (Å²) in [7, 11) is 0. The predicted molar refractivity (Wildman–Crippen MR) is 76.2 cm³/mol. The van der Waals surface area contributed by atoms with E-state index in [0.29, 0.717) is 12.2 Å². The lowest BCUT2D eigenvalue weighted by Crippen LogP contribution is -2.30. The Morgan fingerprint density at radius 1 is 1.05 bits per heavy atom. The van der Waals surface area contributed by atoms with Crippen molar-refractivity contribution in [3.63, 3.8) is 0 Å². The standard InChI is InChI=1S/C15H24O5/c1-6-7-8-18-9-13(20-15(17)12(4)5)10-19-14(16)11(2)3/h13H,2,4,6-10H2,1,3,5H3. The van der Waals surface area contributed by atoms with Crippen LogP contribution in [0.1, 0.15) is 33.6 Å². The van der Waals surface area contributed by atoms with E-state index in [1.54, 1.807) is 13.8 Å². The summed E-state index contributed by atoms with van der Waals surface area (Å²) in [5.41, 5.74) is 0.580. The quantitative estimate of drug-likeness (QED) is 0.350. The van der Waals surface area contributed by atoms with Crippen LogP contribution in [0.3, 0.4) is 0 Å². The van der Waals surface area contributed by atoms with Crippen LogP contribution < -0.4 is 0 Å². The Labute approximate surface area is 120 Å². The van der Waals surface area contributed by atoms with E-state index in [-0.39, 0.29) is 18.8 Å². The van der Waals surface area contributed by atoms with Crippen molar-refractivity contribution in [3.05, 3.63) is 24.3 Å². The fraction of sp³-hybridized carbons (Fsp3) is 0.600. The molecule has 5 heteroatoms. The van der Waals surface area contributed by atoms with Crippen molar-refractivity contribution in [1.82, 2.24) is 0 Å². The molecule has 0 aromatic rings.